The minimum atomic E-state index is -2.49. The molecular weight excluding hydrogens is 326 g/mol. The van der Waals surface area contributed by atoms with Gasteiger partial charge in [-0.25, -0.2) is 17.6 Å². The van der Waals surface area contributed by atoms with Crippen LogP contribution in [-0.4, -0.2) is 31.1 Å². The van der Waals surface area contributed by atoms with Gasteiger partial charge in [0.15, 0.2) is 0 Å². The number of alkyl halides is 4. The smallest absolute Gasteiger partial charge is 0.248 e. The number of hydrogen-bond acceptors (Lipinski definition) is 3. The van der Waals surface area contributed by atoms with Crippen LogP contribution in [0, 0.1) is 10.8 Å². The van der Waals surface area contributed by atoms with Gasteiger partial charge in [0.05, 0.1) is 12.6 Å². The molecule has 2 rings (SSSR count). The van der Waals surface area contributed by atoms with Gasteiger partial charge in [0, 0.05) is 32.3 Å². The van der Waals surface area contributed by atoms with Crippen LogP contribution >= 0.6 is 0 Å². The number of unbranched alkanes of at least 4 members (excludes halogenated alkanes) is 1. The van der Waals surface area contributed by atoms with Crippen LogP contribution < -0.4 is 0 Å². The van der Waals surface area contributed by atoms with Gasteiger partial charge in [0.2, 0.25) is 11.8 Å². The molecule has 0 amide bonds. The van der Waals surface area contributed by atoms with Crippen molar-refractivity contribution in [1.29, 1.82) is 0 Å². The van der Waals surface area contributed by atoms with E-state index in [4.69, 9.17) is 4.74 Å². The largest absolute Gasteiger partial charge is 0.378 e. The molecule has 0 aliphatic heterocycles. The molecular formula is C17H29F4NO2. The molecule has 2 fully saturated rings. The van der Waals surface area contributed by atoms with Gasteiger partial charge in [0.25, 0.3) is 0 Å². The Labute approximate surface area is 141 Å². The molecule has 3 nitrogen and oxygen atoms in total. The van der Waals surface area contributed by atoms with Crippen LogP contribution in [-0.2, 0) is 4.74 Å². The number of nitrogens with zero attached hydrogens (tertiary/aromatic N) is 1. The van der Waals surface area contributed by atoms with Gasteiger partial charge in [-0.05, 0) is 38.0 Å². The fourth-order valence-electron chi connectivity index (χ4n) is 2.96. The van der Waals surface area contributed by atoms with E-state index in [2.05, 4.69) is 12.1 Å². The molecule has 0 N–H and O–H groups in total. The summed E-state index contributed by atoms with van der Waals surface area (Å²) in [6.07, 6.45) is 4.01. The van der Waals surface area contributed by atoms with E-state index >= 15 is 0 Å². The normalized spacial score (nSPS) is 24.0. The third-order valence-electron chi connectivity index (χ3n) is 4.69. The first-order valence-electron chi connectivity index (χ1n) is 8.94. The summed E-state index contributed by atoms with van der Waals surface area (Å²) < 4.78 is 55.9. The van der Waals surface area contributed by atoms with Gasteiger partial charge >= 0.3 is 0 Å². The van der Waals surface area contributed by atoms with Crippen LogP contribution in [0.3, 0.4) is 0 Å². The Kier molecular flexibility index (Phi) is 9.16. The van der Waals surface area contributed by atoms with E-state index in [9.17, 15) is 22.5 Å². The van der Waals surface area contributed by atoms with Crippen LogP contribution in [0.15, 0.2) is 5.18 Å². The van der Waals surface area contributed by atoms with Gasteiger partial charge in [-0.1, -0.05) is 18.5 Å². The summed E-state index contributed by atoms with van der Waals surface area (Å²) in [5.74, 6) is -4.81. The SMILES string of the molecule is CCCCOC1CCC(F)(F)CC1.O=NCC1CCC(F)(F)CC1. The highest BCUT2D eigenvalue weighted by molar-refractivity contribution is 4.78. The average Bonchev–Trinajstić information content (AvgIpc) is 2.52. The number of hydrogen-bond donors (Lipinski definition) is 0. The van der Waals surface area contributed by atoms with Crippen molar-refractivity contribution < 1.29 is 22.3 Å². The molecule has 0 aromatic rings. The van der Waals surface area contributed by atoms with Crippen LogP contribution in [0.25, 0.3) is 0 Å². The monoisotopic (exact) mass is 355 g/mol. The van der Waals surface area contributed by atoms with Gasteiger partial charge in [-0.15, -0.1) is 0 Å². The third kappa shape index (κ3) is 8.94. The molecule has 2 aliphatic carbocycles. The second-order valence-electron chi connectivity index (χ2n) is 6.89. The highest BCUT2D eigenvalue weighted by atomic mass is 19.3. The van der Waals surface area contributed by atoms with E-state index in [1.807, 2.05) is 0 Å². The van der Waals surface area contributed by atoms with E-state index < -0.39 is 11.8 Å². The van der Waals surface area contributed by atoms with Gasteiger partial charge < -0.3 is 4.74 Å². The lowest BCUT2D eigenvalue weighted by molar-refractivity contribution is -0.0806. The summed E-state index contributed by atoms with van der Waals surface area (Å²) in [5.41, 5.74) is 0. The van der Waals surface area contributed by atoms with E-state index in [0.717, 1.165) is 19.4 Å². The molecule has 7 heteroatoms. The predicted octanol–water partition coefficient (Wildman–Crippen LogP) is 5.96. The summed E-state index contributed by atoms with van der Waals surface area (Å²) in [6.45, 7) is 3.03. The summed E-state index contributed by atoms with van der Waals surface area (Å²) >= 11 is 0. The molecule has 0 radical (unpaired) electrons. The highest BCUT2D eigenvalue weighted by Crippen LogP contribution is 2.36. The number of halogens is 4. The fraction of sp³-hybridized carbons (Fsp3) is 1.00. The van der Waals surface area contributed by atoms with Crippen molar-refractivity contribution in [3.05, 3.63) is 4.91 Å². The summed E-state index contributed by atoms with van der Waals surface area (Å²) in [6, 6.07) is 0. The highest BCUT2D eigenvalue weighted by Gasteiger charge is 2.35. The van der Waals surface area contributed by atoms with Crippen LogP contribution in [0.4, 0.5) is 17.6 Å². The molecule has 0 heterocycles. The summed E-state index contributed by atoms with van der Waals surface area (Å²) in [7, 11) is 0. The Bertz CT molecular complexity index is 346. The van der Waals surface area contributed by atoms with Crippen molar-refractivity contribution in [2.24, 2.45) is 11.1 Å². The molecule has 24 heavy (non-hydrogen) atoms. The van der Waals surface area contributed by atoms with Gasteiger partial charge in [-0.2, -0.15) is 4.91 Å². The van der Waals surface area contributed by atoms with Crippen LogP contribution in [0.2, 0.25) is 0 Å². The van der Waals surface area contributed by atoms with E-state index in [-0.39, 0.29) is 44.2 Å². The second kappa shape index (κ2) is 10.3. The third-order valence-corrected chi connectivity index (χ3v) is 4.69. The molecule has 0 bridgehead atoms. The average molecular weight is 355 g/mol. The first-order valence-corrected chi connectivity index (χ1v) is 8.94. The standard InChI is InChI=1S/C10H18F2O.C7H11F2NO/c1-2-3-8-13-9-4-6-10(11,12)7-5-9;8-7(9)3-1-6(2-4-7)5-10-11/h9H,2-8H2,1H3;6H,1-5H2. The van der Waals surface area contributed by atoms with Crippen molar-refractivity contribution in [2.45, 2.75) is 89.1 Å². The van der Waals surface area contributed by atoms with Crippen molar-refractivity contribution in [3.8, 4) is 0 Å². The minimum Gasteiger partial charge on any atom is -0.378 e. The fourth-order valence-corrected chi connectivity index (χ4v) is 2.96. The Morgan fingerprint density at radius 1 is 0.958 bits per heavy atom. The number of nitroso groups, excluding NO2 is 1. The Balaban J connectivity index is 0.000000243. The van der Waals surface area contributed by atoms with Crippen molar-refractivity contribution in [1.82, 2.24) is 0 Å². The molecule has 0 unspecified atom stereocenters. The predicted molar refractivity (Wildman–Crippen MR) is 85.6 cm³/mol. The zero-order valence-electron chi connectivity index (χ0n) is 14.4. The minimum absolute atomic E-state index is 0.00376. The first kappa shape index (κ1) is 21.3. The zero-order chi connectivity index (χ0) is 18.1. The number of ether oxygens (including phenoxy) is 1. The molecule has 2 aliphatic rings. The van der Waals surface area contributed by atoms with Gasteiger partial charge in [-0.3, -0.25) is 0 Å². The second-order valence-corrected chi connectivity index (χ2v) is 6.89. The topological polar surface area (TPSA) is 38.7 Å². The first-order chi connectivity index (χ1) is 11.3. The van der Waals surface area contributed by atoms with Crippen molar-refractivity contribution >= 4 is 0 Å². The molecule has 0 saturated heterocycles. The summed E-state index contributed by atoms with van der Waals surface area (Å²) in [5, 5.41) is 2.71. The molecule has 0 atom stereocenters. The summed E-state index contributed by atoms with van der Waals surface area (Å²) in [4.78, 5) is 9.80. The molecule has 0 aromatic carbocycles. The van der Waals surface area contributed by atoms with Crippen molar-refractivity contribution in [3.63, 3.8) is 0 Å². The van der Waals surface area contributed by atoms with E-state index in [1.54, 1.807) is 0 Å². The maximum atomic E-state index is 12.7. The molecule has 142 valence electrons. The zero-order valence-corrected chi connectivity index (χ0v) is 14.4. The van der Waals surface area contributed by atoms with E-state index in [0.29, 0.717) is 25.7 Å². The number of rotatable bonds is 6. The molecule has 0 aromatic heterocycles. The maximum Gasteiger partial charge on any atom is 0.248 e. The van der Waals surface area contributed by atoms with Crippen LogP contribution in [0.1, 0.15) is 71.1 Å². The Morgan fingerprint density at radius 2 is 1.46 bits per heavy atom. The lowest BCUT2D eigenvalue weighted by Gasteiger charge is -2.28. The molecule has 0 spiro atoms. The Hall–Kier alpha value is -0.720. The van der Waals surface area contributed by atoms with E-state index in [1.165, 1.54) is 0 Å². The van der Waals surface area contributed by atoms with Crippen molar-refractivity contribution in [2.75, 3.05) is 13.2 Å². The lowest BCUT2D eigenvalue weighted by Crippen LogP contribution is -2.29. The quantitative estimate of drug-likeness (QED) is 0.335. The van der Waals surface area contributed by atoms with Crippen LogP contribution in [0.5, 0.6) is 0 Å². The Morgan fingerprint density at radius 3 is 1.92 bits per heavy atom. The molecule has 2 saturated carbocycles. The lowest BCUT2D eigenvalue weighted by atomic mass is 9.87. The van der Waals surface area contributed by atoms with Gasteiger partial charge in [0.1, 0.15) is 0 Å². The maximum absolute atomic E-state index is 12.7.